The van der Waals surface area contributed by atoms with Crippen molar-refractivity contribution in [2.45, 2.75) is 19.8 Å². The molecule has 0 saturated carbocycles. The van der Waals surface area contributed by atoms with E-state index in [4.69, 9.17) is 9.47 Å². The number of carbonyl (C=O) groups excluding carboxylic acids is 2. The lowest BCUT2D eigenvalue weighted by Crippen LogP contribution is -2.39. The summed E-state index contributed by atoms with van der Waals surface area (Å²) in [4.78, 5) is 27.2. The molecule has 2 heterocycles. The molecule has 0 N–H and O–H groups in total. The average molecular weight is 391 g/mol. The van der Waals surface area contributed by atoms with Gasteiger partial charge in [0.05, 0.1) is 0 Å². The first-order chi connectivity index (χ1) is 14.1. The lowest BCUT2D eigenvalue weighted by Gasteiger charge is -2.30. The van der Waals surface area contributed by atoms with Gasteiger partial charge in [-0.15, -0.1) is 0 Å². The van der Waals surface area contributed by atoms with Crippen molar-refractivity contribution in [3.8, 4) is 11.5 Å². The highest BCUT2D eigenvalue weighted by atomic mass is 16.6. The van der Waals surface area contributed by atoms with Gasteiger partial charge in [-0.2, -0.15) is 0 Å². The van der Waals surface area contributed by atoms with E-state index in [0.29, 0.717) is 56.2 Å². The Morgan fingerprint density at radius 1 is 1.00 bits per heavy atom. The van der Waals surface area contributed by atoms with E-state index in [9.17, 15) is 9.59 Å². The van der Waals surface area contributed by atoms with Gasteiger partial charge in [0.1, 0.15) is 13.2 Å². The van der Waals surface area contributed by atoms with Crippen LogP contribution in [0.2, 0.25) is 0 Å². The van der Waals surface area contributed by atoms with Gasteiger partial charge in [0.25, 0.3) is 0 Å². The first-order valence-electron chi connectivity index (χ1n) is 10.1. The van der Waals surface area contributed by atoms with Gasteiger partial charge in [-0.1, -0.05) is 29.8 Å². The largest absolute Gasteiger partial charge is 0.486 e. The molecular formula is C24H25NO4. The Hall–Kier alpha value is -3.08. The molecular weight excluding hydrogens is 366 g/mol. The van der Waals surface area contributed by atoms with E-state index < -0.39 is 0 Å². The number of piperidine rings is 1. The number of likely N-dealkylation sites (tertiary alicyclic amines) is 1. The van der Waals surface area contributed by atoms with Crippen molar-refractivity contribution in [1.82, 2.24) is 4.90 Å². The summed E-state index contributed by atoms with van der Waals surface area (Å²) in [7, 11) is 0. The first kappa shape index (κ1) is 19.2. The van der Waals surface area contributed by atoms with Gasteiger partial charge >= 0.3 is 0 Å². The maximum Gasteiger partial charge on any atom is 0.246 e. The number of hydrogen-bond donors (Lipinski definition) is 0. The number of fused-ring (bicyclic) bond motifs is 1. The third kappa shape index (κ3) is 4.50. The molecule has 0 unspecified atom stereocenters. The van der Waals surface area contributed by atoms with Crippen LogP contribution in [0.4, 0.5) is 0 Å². The second-order valence-corrected chi connectivity index (χ2v) is 7.57. The van der Waals surface area contributed by atoms with Crippen molar-refractivity contribution in [2.75, 3.05) is 26.3 Å². The molecule has 29 heavy (non-hydrogen) atoms. The minimum Gasteiger partial charge on any atom is -0.486 e. The predicted octanol–water partition coefficient (Wildman–Crippen LogP) is 3.90. The summed E-state index contributed by atoms with van der Waals surface area (Å²) in [5.74, 6) is 1.37. The zero-order chi connectivity index (χ0) is 20.2. The van der Waals surface area contributed by atoms with Crippen molar-refractivity contribution >= 4 is 17.8 Å². The van der Waals surface area contributed by atoms with Gasteiger partial charge in [-0.25, -0.2) is 0 Å². The molecule has 0 radical (unpaired) electrons. The summed E-state index contributed by atoms with van der Waals surface area (Å²) in [6, 6.07) is 13.4. The second kappa shape index (κ2) is 8.52. The second-order valence-electron chi connectivity index (χ2n) is 7.57. The Balaban J connectivity index is 1.34. The van der Waals surface area contributed by atoms with E-state index in [1.165, 1.54) is 0 Å². The molecule has 0 aliphatic carbocycles. The molecule has 0 spiro atoms. The van der Waals surface area contributed by atoms with E-state index in [2.05, 4.69) is 0 Å². The molecule has 1 amide bonds. The van der Waals surface area contributed by atoms with Crippen LogP contribution in [0.15, 0.2) is 48.5 Å². The first-order valence-corrected chi connectivity index (χ1v) is 10.1. The van der Waals surface area contributed by atoms with Crippen LogP contribution < -0.4 is 9.47 Å². The molecule has 5 nitrogen and oxygen atoms in total. The molecule has 1 fully saturated rings. The van der Waals surface area contributed by atoms with Crippen LogP contribution in [0.25, 0.3) is 6.08 Å². The standard InChI is InChI=1S/C24H25NO4/c1-17-3-2-4-18(15-17)5-8-23(26)25-11-9-19(10-12-25)24(27)20-6-7-21-22(16-20)29-14-13-28-21/h2-8,15-16,19H,9-14H2,1H3. The fraction of sp³-hybridized carbons (Fsp3) is 0.333. The minimum atomic E-state index is -0.0673. The number of Topliss-reactive ketones (excluding diaryl/α,β-unsaturated/α-hetero) is 1. The molecule has 2 aliphatic heterocycles. The SMILES string of the molecule is Cc1cccc(C=CC(=O)N2CCC(C(=O)c3ccc4c(c3)OCCO4)CC2)c1. The van der Waals surface area contributed by atoms with Crippen molar-refractivity contribution in [3.05, 3.63) is 65.2 Å². The number of ketones is 1. The average Bonchev–Trinajstić information content (AvgIpc) is 2.77. The Kier molecular flexibility index (Phi) is 5.65. The highest BCUT2D eigenvalue weighted by Crippen LogP contribution is 2.32. The van der Waals surface area contributed by atoms with E-state index in [1.807, 2.05) is 42.2 Å². The van der Waals surface area contributed by atoms with Crippen LogP contribution in [0.3, 0.4) is 0 Å². The van der Waals surface area contributed by atoms with Gasteiger partial charge in [-0.3, -0.25) is 9.59 Å². The smallest absolute Gasteiger partial charge is 0.246 e. The number of nitrogens with zero attached hydrogens (tertiary/aromatic N) is 1. The lowest BCUT2D eigenvalue weighted by molar-refractivity contribution is -0.127. The Bertz CT molecular complexity index is 942. The molecule has 0 bridgehead atoms. The Labute approximate surface area is 170 Å². The molecule has 2 aliphatic rings. The van der Waals surface area contributed by atoms with Crippen LogP contribution in [-0.2, 0) is 4.79 Å². The topological polar surface area (TPSA) is 55.8 Å². The number of amides is 1. The van der Waals surface area contributed by atoms with Crippen LogP contribution >= 0.6 is 0 Å². The van der Waals surface area contributed by atoms with Crippen LogP contribution in [0, 0.1) is 12.8 Å². The van der Waals surface area contributed by atoms with Crippen LogP contribution in [0.1, 0.15) is 34.3 Å². The van der Waals surface area contributed by atoms with Crippen LogP contribution in [0.5, 0.6) is 11.5 Å². The molecule has 0 aromatic heterocycles. The molecule has 150 valence electrons. The summed E-state index contributed by atoms with van der Waals surface area (Å²) < 4.78 is 11.1. The molecule has 4 rings (SSSR count). The van der Waals surface area contributed by atoms with Crippen molar-refractivity contribution in [2.24, 2.45) is 5.92 Å². The fourth-order valence-electron chi connectivity index (χ4n) is 3.84. The number of carbonyl (C=O) groups is 2. The number of rotatable bonds is 4. The zero-order valence-electron chi connectivity index (χ0n) is 16.6. The normalized spacial score (nSPS) is 16.8. The summed E-state index contributed by atoms with van der Waals surface area (Å²) in [6.45, 7) is 4.25. The molecule has 0 atom stereocenters. The number of hydrogen-bond acceptors (Lipinski definition) is 4. The third-order valence-electron chi connectivity index (χ3n) is 5.46. The Morgan fingerprint density at radius 3 is 2.52 bits per heavy atom. The van der Waals surface area contributed by atoms with Gasteiger partial charge in [-0.05, 0) is 49.6 Å². The molecule has 2 aromatic carbocycles. The number of benzene rings is 2. The highest BCUT2D eigenvalue weighted by molar-refractivity contribution is 5.99. The Morgan fingerprint density at radius 2 is 1.76 bits per heavy atom. The maximum atomic E-state index is 12.9. The van der Waals surface area contributed by atoms with Gasteiger partial charge < -0.3 is 14.4 Å². The molecule has 5 heteroatoms. The molecule has 1 saturated heterocycles. The van der Waals surface area contributed by atoms with Gasteiger partial charge in [0, 0.05) is 30.6 Å². The third-order valence-corrected chi connectivity index (χ3v) is 5.46. The quantitative estimate of drug-likeness (QED) is 0.586. The number of aryl methyl sites for hydroxylation is 1. The minimum absolute atomic E-state index is 0.00302. The molecule has 2 aromatic rings. The van der Waals surface area contributed by atoms with E-state index in [-0.39, 0.29) is 17.6 Å². The van der Waals surface area contributed by atoms with E-state index >= 15 is 0 Å². The van der Waals surface area contributed by atoms with Crippen molar-refractivity contribution in [1.29, 1.82) is 0 Å². The fourth-order valence-corrected chi connectivity index (χ4v) is 3.84. The zero-order valence-corrected chi connectivity index (χ0v) is 16.6. The van der Waals surface area contributed by atoms with E-state index in [0.717, 1.165) is 11.1 Å². The van der Waals surface area contributed by atoms with Gasteiger partial charge in [0.2, 0.25) is 5.91 Å². The van der Waals surface area contributed by atoms with Crippen molar-refractivity contribution in [3.63, 3.8) is 0 Å². The summed E-state index contributed by atoms with van der Waals surface area (Å²) >= 11 is 0. The monoisotopic (exact) mass is 391 g/mol. The van der Waals surface area contributed by atoms with Gasteiger partial charge in [0.15, 0.2) is 17.3 Å². The van der Waals surface area contributed by atoms with Crippen LogP contribution in [-0.4, -0.2) is 42.9 Å². The number of ether oxygens (including phenoxy) is 2. The lowest BCUT2D eigenvalue weighted by atomic mass is 9.88. The summed E-state index contributed by atoms with van der Waals surface area (Å²) in [5.41, 5.74) is 2.83. The maximum absolute atomic E-state index is 12.9. The summed E-state index contributed by atoms with van der Waals surface area (Å²) in [6.07, 6.45) is 4.83. The predicted molar refractivity (Wildman–Crippen MR) is 111 cm³/mol. The summed E-state index contributed by atoms with van der Waals surface area (Å²) in [5, 5.41) is 0. The van der Waals surface area contributed by atoms with E-state index in [1.54, 1.807) is 24.3 Å². The highest BCUT2D eigenvalue weighted by Gasteiger charge is 2.28. The van der Waals surface area contributed by atoms with Crippen molar-refractivity contribution < 1.29 is 19.1 Å².